The summed E-state index contributed by atoms with van der Waals surface area (Å²) in [5, 5.41) is 13.4. The van der Waals surface area contributed by atoms with E-state index in [1.54, 1.807) is 6.07 Å². The van der Waals surface area contributed by atoms with E-state index in [1.807, 2.05) is 18.2 Å². The second kappa shape index (κ2) is 7.88. The molecule has 1 amide bonds. The van der Waals surface area contributed by atoms with Gasteiger partial charge in [0.05, 0.1) is 0 Å². The quantitative estimate of drug-likeness (QED) is 0.699. The van der Waals surface area contributed by atoms with E-state index in [4.69, 9.17) is 11.6 Å². The smallest absolute Gasteiger partial charge is 0.276 e. The van der Waals surface area contributed by atoms with Crippen LogP contribution in [0.3, 0.4) is 0 Å². The predicted molar refractivity (Wildman–Crippen MR) is 95.1 cm³/mol. The van der Waals surface area contributed by atoms with Crippen molar-refractivity contribution in [3.05, 3.63) is 82.5 Å². The fourth-order valence-electron chi connectivity index (χ4n) is 2.17. The van der Waals surface area contributed by atoms with Gasteiger partial charge in [0.15, 0.2) is 5.69 Å². The Morgan fingerprint density at radius 3 is 2.35 bits per heavy atom. The lowest BCUT2D eigenvalue weighted by Crippen LogP contribution is -2.16. The summed E-state index contributed by atoms with van der Waals surface area (Å²) >= 11 is 6.07. The van der Waals surface area contributed by atoms with E-state index in [0.717, 1.165) is 17.7 Å². The first-order valence-electron chi connectivity index (χ1n) is 7.61. The van der Waals surface area contributed by atoms with E-state index < -0.39 is 23.2 Å². The number of hydrogen-bond acceptors (Lipinski definition) is 4. The second-order valence-electron chi connectivity index (χ2n) is 5.30. The van der Waals surface area contributed by atoms with Gasteiger partial charge in [-0.15, -0.1) is 10.2 Å². The summed E-state index contributed by atoms with van der Waals surface area (Å²) in [5.41, 5.74) is 0.281. The number of benzene rings is 2. The topological polar surface area (TPSA) is 66.9 Å². The molecule has 3 rings (SSSR count). The molecule has 0 aliphatic heterocycles. The summed E-state index contributed by atoms with van der Waals surface area (Å²) in [6, 6.07) is 13.6. The SMILES string of the molecule is O=C(Nc1c(F)cccc1F)c1ccc(NCc2ccccc2Cl)nn1. The first-order chi connectivity index (χ1) is 12.5. The molecule has 0 saturated carbocycles. The summed E-state index contributed by atoms with van der Waals surface area (Å²) < 4.78 is 27.1. The molecule has 0 aliphatic rings. The Hall–Kier alpha value is -3.06. The minimum absolute atomic E-state index is 0.0732. The molecule has 0 radical (unpaired) electrons. The van der Waals surface area contributed by atoms with Crippen molar-refractivity contribution in [2.24, 2.45) is 0 Å². The zero-order valence-electron chi connectivity index (χ0n) is 13.3. The molecule has 0 bridgehead atoms. The van der Waals surface area contributed by atoms with Gasteiger partial charge in [-0.2, -0.15) is 0 Å². The van der Waals surface area contributed by atoms with E-state index in [1.165, 1.54) is 18.2 Å². The molecular weight excluding hydrogens is 362 g/mol. The van der Waals surface area contributed by atoms with Crippen LogP contribution in [-0.4, -0.2) is 16.1 Å². The molecule has 0 spiro atoms. The average molecular weight is 375 g/mol. The zero-order chi connectivity index (χ0) is 18.5. The van der Waals surface area contributed by atoms with Crippen molar-refractivity contribution in [2.75, 3.05) is 10.6 Å². The van der Waals surface area contributed by atoms with Crippen LogP contribution in [0.15, 0.2) is 54.6 Å². The Kier molecular flexibility index (Phi) is 5.38. The number of rotatable bonds is 5. The van der Waals surface area contributed by atoms with Crippen LogP contribution in [0.4, 0.5) is 20.3 Å². The van der Waals surface area contributed by atoms with Crippen molar-refractivity contribution in [3.8, 4) is 0 Å². The lowest BCUT2D eigenvalue weighted by molar-refractivity contribution is 0.102. The Bertz CT molecular complexity index is 914. The molecule has 0 saturated heterocycles. The number of carbonyl (C=O) groups is 1. The average Bonchev–Trinajstić information content (AvgIpc) is 2.64. The van der Waals surface area contributed by atoms with Crippen LogP contribution in [-0.2, 0) is 6.54 Å². The van der Waals surface area contributed by atoms with Gasteiger partial charge < -0.3 is 10.6 Å². The van der Waals surface area contributed by atoms with Crippen LogP contribution in [0.2, 0.25) is 5.02 Å². The van der Waals surface area contributed by atoms with Gasteiger partial charge in [-0.3, -0.25) is 4.79 Å². The number of nitrogens with zero attached hydrogens (tertiary/aromatic N) is 2. The number of amides is 1. The third-order valence-electron chi connectivity index (χ3n) is 3.52. The molecule has 132 valence electrons. The van der Waals surface area contributed by atoms with Crippen molar-refractivity contribution in [1.29, 1.82) is 0 Å². The summed E-state index contributed by atoms with van der Waals surface area (Å²) in [5.74, 6) is -2.08. The van der Waals surface area contributed by atoms with Crippen LogP contribution in [0.25, 0.3) is 0 Å². The van der Waals surface area contributed by atoms with Crippen molar-refractivity contribution >= 4 is 29.0 Å². The molecule has 0 atom stereocenters. The first kappa shape index (κ1) is 17.8. The number of anilines is 2. The molecule has 2 N–H and O–H groups in total. The van der Waals surface area contributed by atoms with Crippen molar-refractivity contribution in [3.63, 3.8) is 0 Å². The van der Waals surface area contributed by atoms with Crippen LogP contribution >= 0.6 is 11.6 Å². The van der Waals surface area contributed by atoms with E-state index in [0.29, 0.717) is 17.4 Å². The largest absolute Gasteiger partial charge is 0.364 e. The van der Waals surface area contributed by atoms with Gasteiger partial charge in [0.1, 0.15) is 23.1 Å². The summed E-state index contributed by atoms with van der Waals surface area (Å²) in [4.78, 5) is 12.1. The normalized spacial score (nSPS) is 10.4. The third kappa shape index (κ3) is 4.12. The Labute approximate surface area is 153 Å². The lowest BCUT2D eigenvalue weighted by Gasteiger charge is -2.08. The molecule has 0 fully saturated rings. The molecule has 5 nitrogen and oxygen atoms in total. The molecule has 26 heavy (non-hydrogen) atoms. The molecule has 0 unspecified atom stereocenters. The number of carbonyl (C=O) groups excluding carboxylic acids is 1. The van der Waals surface area contributed by atoms with E-state index in [9.17, 15) is 13.6 Å². The molecule has 1 heterocycles. The van der Waals surface area contributed by atoms with Crippen LogP contribution in [0.1, 0.15) is 16.1 Å². The minimum Gasteiger partial charge on any atom is -0.364 e. The minimum atomic E-state index is -0.871. The van der Waals surface area contributed by atoms with E-state index in [2.05, 4.69) is 20.8 Å². The summed E-state index contributed by atoms with van der Waals surface area (Å²) in [6.45, 7) is 0.431. The maximum absolute atomic E-state index is 13.6. The standard InChI is InChI=1S/C18H13ClF2N4O/c19-12-5-2-1-4-11(12)10-22-16-9-8-15(24-25-16)18(26)23-17-13(20)6-3-7-14(17)21/h1-9H,10H2,(H,22,25)(H,23,26). The highest BCUT2D eigenvalue weighted by molar-refractivity contribution is 6.31. The number of para-hydroxylation sites is 1. The van der Waals surface area contributed by atoms with Crippen molar-refractivity contribution < 1.29 is 13.6 Å². The summed E-state index contributed by atoms with van der Waals surface area (Å²) in [6.07, 6.45) is 0. The molecule has 0 aliphatic carbocycles. The van der Waals surface area contributed by atoms with Crippen LogP contribution in [0, 0.1) is 11.6 Å². The number of nitrogens with one attached hydrogen (secondary N) is 2. The Balaban J connectivity index is 1.65. The second-order valence-corrected chi connectivity index (χ2v) is 5.71. The lowest BCUT2D eigenvalue weighted by atomic mass is 10.2. The van der Waals surface area contributed by atoms with Gasteiger partial charge >= 0.3 is 0 Å². The maximum Gasteiger partial charge on any atom is 0.276 e. The van der Waals surface area contributed by atoms with E-state index in [-0.39, 0.29) is 5.69 Å². The summed E-state index contributed by atoms with van der Waals surface area (Å²) in [7, 11) is 0. The number of hydrogen-bond donors (Lipinski definition) is 2. The highest BCUT2D eigenvalue weighted by Gasteiger charge is 2.14. The monoisotopic (exact) mass is 374 g/mol. The third-order valence-corrected chi connectivity index (χ3v) is 3.88. The van der Waals surface area contributed by atoms with Crippen LogP contribution < -0.4 is 10.6 Å². The van der Waals surface area contributed by atoms with E-state index >= 15 is 0 Å². The fraction of sp³-hybridized carbons (Fsp3) is 0.0556. The molecule has 2 aromatic carbocycles. The Morgan fingerprint density at radius 2 is 1.69 bits per heavy atom. The molecule has 3 aromatic rings. The molecule has 8 heteroatoms. The van der Waals surface area contributed by atoms with Gasteiger partial charge in [0.2, 0.25) is 0 Å². The van der Waals surface area contributed by atoms with Crippen molar-refractivity contribution in [2.45, 2.75) is 6.54 Å². The first-order valence-corrected chi connectivity index (χ1v) is 7.99. The van der Waals surface area contributed by atoms with Gasteiger partial charge in [0, 0.05) is 11.6 Å². The van der Waals surface area contributed by atoms with Gasteiger partial charge in [-0.25, -0.2) is 8.78 Å². The fourth-order valence-corrected chi connectivity index (χ4v) is 2.37. The maximum atomic E-state index is 13.6. The van der Waals surface area contributed by atoms with Crippen LogP contribution in [0.5, 0.6) is 0 Å². The van der Waals surface area contributed by atoms with Gasteiger partial charge in [-0.05, 0) is 35.9 Å². The highest BCUT2D eigenvalue weighted by atomic mass is 35.5. The molecular formula is C18H13ClF2N4O. The predicted octanol–water partition coefficient (Wildman–Crippen LogP) is 4.27. The highest BCUT2D eigenvalue weighted by Crippen LogP contribution is 2.19. The van der Waals surface area contributed by atoms with Crippen molar-refractivity contribution in [1.82, 2.24) is 10.2 Å². The number of halogens is 3. The Morgan fingerprint density at radius 1 is 0.962 bits per heavy atom. The molecule has 1 aromatic heterocycles. The van der Waals surface area contributed by atoms with Gasteiger partial charge in [0.25, 0.3) is 5.91 Å². The zero-order valence-corrected chi connectivity index (χ0v) is 14.1. The number of aromatic nitrogens is 2. The van der Waals surface area contributed by atoms with Gasteiger partial charge in [-0.1, -0.05) is 35.9 Å².